The summed E-state index contributed by atoms with van der Waals surface area (Å²) in [6.45, 7) is 5.19. The highest BCUT2D eigenvalue weighted by Crippen LogP contribution is 2.26. The van der Waals surface area contributed by atoms with Gasteiger partial charge in [-0.2, -0.15) is 0 Å². The maximum atomic E-state index is 13.1. The van der Waals surface area contributed by atoms with E-state index in [2.05, 4.69) is 4.72 Å². The van der Waals surface area contributed by atoms with Crippen molar-refractivity contribution in [3.05, 3.63) is 52.8 Å². The number of rotatable bonds is 3. The second kappa shape index (κ2) is 5.37. The molecular formula is C15H17FN2O2S. The fourth-order valence-electron chi connectivity index (χ4n) is 2.09. The van der Waals surface area contributed by atoms with Gasteiger partial charge in [0, 0.05) is 5.69 Å². The molecule has 2 aromatic rings. The third-order valence-electron chi connectivity index (χ3n) is 3.28. The van der Waals surface area contributed by atoms with Gasteiger partial charge in [-0.25, -0.2) is 12.8 Å². The summed E-state index contributed by atoms with van der Waals surface area (Å²) in [5.41, 5.74) is 8.74. The summed E-state index contributed by atoms with van der Waals surface area (Å²) in [7, 11) is -3.79. The average molecular weight is 308 g/mol. The number of anilines is 2. The van der Waals surface area contributed by atoms with Crippen LogP contribution >= 0.6 is 0 Å². The van der Waals surface area contributed by atoms with Crippen LogP contribution in [0.5, 0.6) is 0 Å². The zero-order chi connectivity index (χ0) is 15.8. The Balaban J connectivity index is 2.45. The number of aryl methyl sites for hydroxylation is 3. The number of nitrogen functional groups attached to an aromatic ring is 1. The molecule has 6 heteroatoms. The fraction of sp³-hybridized carbons (Fsp3) is 0.200. The molecule has 0 aliphatic carbocycles. The lowest BCUT2D eigenvalue weighted by atomic mass is 10.1. The van der Waals surface area contributed by atoms with Gasteiger partial charge in [0.2, 0.25) is 0 Å². The lowest BCUT2D eigenvalue weighted by molar-refractivity contribution is 0.598. The van der Waals surface area contributed by atoms with E-state index in [1.807, 2.05) is 13.0 Å². The minimum atomic E-state index is -3.79. The van der Waals surface area contributed by atoms with Crippen molar-refractivity contribution >= 4 is 21.4 Å². The molecule has 0 bridgehead atoms. The van der Waals surface area contributed by atoms with Crippen molar-refractivity contribution < 1.29 is 12.8 Å². The number of sulfonamides is 1. The zero-order valence-corrected chi connectivity index (χ0v) is 12.9. The number of benzene rings is 2. The summed E-state index contributed by atoms with van der Waals surface area (Å²) in [6.07, 6.45) is 0. The number of nitrogens with two attached hydrogens (primary N) is 1. The van der Waals surface area contributed by atoms with Gasteiger partial charge in [0.05, 0.1) is 10.6 Å². The van der Waals surface area contributed by atoms with E-state index in [0.717, 1.165) is 17.2 Å². The molecule has 0 amide bonds. The predicted octanol–water partition coefficient (Wildman–Crippen LogP) is 3.13. The molecule has 112 valence electrons. The van der Waals surface area contributed by atoms with E-state index in [4.69, 9.17) is 5.73 Å². The average Bonchev–Trinajstić information content (AvgIpc) is 2.35. The Morgan fingerprint density at radius 1 is 1.00 bits per heavy atom. The van der Waals surface area contributed by atoms with E-state index in [-0.39, 0.29) is 4.90 Å². The number of hydrogen-bond acceptors (Lipinski definition) is 3. The molecule has 0 heterocycles. The second-order valence-electron chi connectivity index (χ2n) is 5.04. The minimum absolute atomic E-state index is 0.0439. The Bertz CT molecular complexity index is 802. The van der Waals surface area contributed by atoms with Crippen LogP contribution in [0.15, 0.2) is 35.2 Å². The molecule has 0 aliphatic rings. The Morgan fingerprint density at radius 3 is 2.29 bits per heavy atom. The Hall–Kier alpha value is -2.08. The topological polar surface area (TPSA) is 72.2 Å². The Kier molecular flexibility index (Phi) is 3.91. The summed E-state index contributed by atoms with van der Waals surface area (Å²) in [5.74, 6) is -0.470. The van der Waals surface area contributed by atoms with Gasteiger partial charge in [-0.1, -0.05) is 6.07 Å². The molecule has 0 spiro atoms. The normalized spacial score (nSPS) is 11.4. The first kappa shape index (κ1) is 15.3. The SMILES string of the molecule is Cc1cc(C)c(NS(=O)(=O)c2ccc(F)cc2C)cc1N. The van der Waals surface area contributed by atoms with Crippen LogP contribution in [0.2, 0.25) is 0 Å². The van der Waals surface area contributed by atoms with Crippen LogP contribution in [0, 0.1) is 26.6 Å². The lowest BCUT2D eigenvalue weighted by Crippen LogP contribution is -2.15. The summed E-state index contributed by atoms with van der Waals surface area (Å²) in [4.78, 5) is 0.0439. The van der Waals surface area contributed by atoms with E-state index in [0.29, 0.717) is 16.9 Å². The van der Waals surface area contributed by atoms with E-state index in [1.54, 1.807) is 19.9 Å². The minimum Gasteiger partial charge on any atom is -0.398 e. The summed E-state index contributed by atoms with van der Waals surface area (Å²) in [5, 5.41) is 0. The first-order valence-corrected chi connectivity index (χ1v) is 7.85. The van der Waals surface area contributed by atoms with Gasteiger partial charge in [0.25, 0.3) is 10.0 Å². The smallest absolute Gasteiger partial charge is 0.262 e. The highest BCUT2D eigenvalue weighted by Gasteiger charge is 2.18. The summed E-state index contributed by atoms with van der Waals surface area (Å²) >= 11 is 0. The highest BCUT2D eigenvalue weighted by molar-refractivity contribution is 7.92. The van der Waals surface area contributed by atoms with Crippen LogP contribution in [0.3, 0.4) is 0 Å². The quantitative estimate of drug-likeness (QED) is 0.856. The van der Waals surface area contributed by atoms with E-state index in [1.165, 1.54) is 12.1 Å². The third-order valence-corrected chi connectivity index (χ3v) is 4.81. The molecule has 0 saturated heterocycles. The van der Waals surface area contributed by atoms with Gasteiger partial charge in [-0.05, 0) is 61.7 Å². The van der Waals surface area contributed by atoms with Crippen molar-refractivity contribution in [2.75, 3.05) is 10.5 Å². The molecule has 0 unspecified atom stereocenters. The van der Waals surface area contributed by atoms with Crippen molar-refractivity contribution in [1.82, 2.24) is 0 Å². The monoisotopic (exact) mass is 308 g/mol. The maximum Gasteiger partial charge on any atom is 0.262 e. The van der Waals surface area contributed by atoms with Gasteiger partial charge >= 0.3 is 0 Å². The molecule has 0 saturated carbocycles. The lowest BCUT2D eigenvalue weighted by Gasteiger charge is -2.14. The number of halogens is 1. The van der Waals surface area contributed by atoms with Gasteiger partial charge in [0.15, 0.2) is 0 Å². The van der Waals surface area contributed by atoms with Crippen LogP contribution in [-0.4, -0.2) is 8.42 Å². The summed E-state index contributed by atoms with van der Waals surface area (Å²) < 4.78 is 40.4. The third kappa shape index (κ3) is 3.16. The second-order valence-corrected chi connectivity index (χ2v) is 6.69. The van der Waals surface area contributed by atoms with Crippen molar-refractivity contribution in [3.63, 3.8) is 0 Å². The van der Waals surface area contributed by atoms with Crippen molar-refractivity contribution in [2.24, 2.45) is 0 Å². The molecule has 4 nitrogen and oxygen atoms in total. The van der Waals surface area contributed by atoms with Crippen molar-refractivity contribution in [2.45, 2.75) is 25.7 Å². The molecular weight excluding hydrogens is 291 g/mol. The molecule has 2 rings (SSSR count). The van der Waals surface area contributed by atoms with E-state index in [9.17, 15) is 12.8 Å². The largest absolute Gasteiger partial charge is 0.398 e. The van der Waals surface area contributed by atoms with Crippen LogP contribution in [0.1, 0.15) is 16.7 Å². The summed E-state index contributed by atoms with van der Waals surface area (Å²) in [6, 6.07) is 6.95. The molecule has 0 radical (unpaired) electrons. The van der Waals surface area contributed by atoms with Gasteiger partial charge in [-0.15, -0.1) is 0 Å². The Labute approximate surface area is 123 Å². The zero-order valence-electron chi connectivity index (χ0n) is 12.1. The molecule has 0 fully saturated rings. The van der Waals surface area contributed by atoms with E-state index < -0.39 is 15.8 Å². The first-order chi connectivity index (χ1) is 9.70. The maximum absolute atomic E-state index is 13.1. The van der Waals surface area contributed by atoms with Crippen LogP contribution in [0.4, 0.5) is 15.8 Å². The molecule has 3 N–H and O–H groups in total. The molecule has 0 aliphatic heterocycles. The predicted molar refractivity (Wildman–Crippen MR) is 82.3 cm³/mol. The van der Waals surface area contributed by atoms with Crippen molar-refractivity contribution in [3.8, 4) is 0 Å². The van der Waals surface area contributed by atoms with E-state index >= 15 is 0 Å². The molecule has 2 aromatic carbocycles. The van der Waals surface area contributed by atoms with Crippen LogP contribution in [-0.2, 0) is 10.0 Å². The standard InChI is InChI=1S/C15H17FN2O2S/c1-9-6-10(2)14(8-13(9)17)18-21(19,20)15-5-4-12(16)7-11(15)3/h4-8,18H,17H2,1-3H3. The molecule has 21 heavy (non-hydrogen) atoms. The molecule has 0 aromatic heterocycles. The fourth-order valence-corrected chi connectivity index (χ4v) is 3.44. The van der Waals surface area contributed by atoms with Crippen LogP contribution in [0.25, 0.3) is 0 Å². The number of hydrogen-bond donors (Lipinski definition) is 2. The first-order valence-electron chi connectivity index (χ1n) is 6.36. The van der Waals surface area contributed by atoms with Crippen molar-refractivity contribution in [1.29, 1.82) is 0 Å². The number of nitrogens with one attached hydrogen (secondary N) is 1. The Morgan fingerprint density at radius 2 is 1.67 bits per heavy atom. The van der Waals surface area contributed by atoms with Gasteiger partial charge in [-0.3, -0.25) is 4.72 Å². The highest BCUT2D eigenvalue weighted by atomic mass is 32.2. The van der Waals surface area contributed by atoms with Crippen LogP contribution < -0.4 is 10.5 Å². The van der Waals surface area contributed by atoms with Gasteiger partial charge < -0.3 is 5.73 Å². The van der Waals surface area contributed by atoms with Gasteiger partial charge in [0.1, 0.15) is 5.82 Å². The molecule has 0 atom stereocenters.